The van der Waals surface area contributed by atoms with Crippen molar-refractivity contribution in [1.82, 2.24) is 4.98 Å². The lowest BCUT2D eigenvalue weighted by Gasteiger charge is -2.14. The van der Waals surface area contributed by atoms with Crippen molar-refractivity contribution in [3.05, 3.63) is 102 Å². The number of hydrogen-bond donors (Lipinski definition) is 0. The number of Topliss-reactive ketones (excluding diaryl/α,β-unsaturated/α-hetero) is 2. The van der Waals surface area contributed by atoms with Crippen LogP contribution in [0.1, 0.15) is 32.3 Å². The molecule has 1 aromatic heterocycles. The lowest BCUT2D eigenvalue weighted by molar-refractivity contribution is 0.0858. The van der Waals surface area contributed by atoms with Crippen molar-refractivity contribution in [2.75, 3.05) is 0 Å². The van der Waals surface area contributed by atoms with Crippen molar-refractivity contribution in [3.63, 3.8) is 0 Å². The quantitative estimate of drug-likeness (QED) is 0.530. The second-order valence-electron chi connectivity index (χ2n) is 5.15. The maximum Gasteiger partial charge on any atom is 0.179 e. The van der Waals surface area contributed by atoms with Crippen molar-refractivity contribution < 1.29 is 9.59 Å². The fraction of sp³-hybridized carbons (Fsp3) is 0.0500. The molecule has 0 saturated carbocycles. The molecular formula is C20H15NO2. The number of carbonyl (C=O) groups excluding carboxylic acids is 2. The molecule has 0 saturated heterocycles. The number of pyridine rings is 1. The Morgan fingerprint density at radius 3 is 1.57 bits per heavy atom. The van der Waals surface area contributed by atoms with Crippen molar-refractivity contribution in [2.24, 2.45) is 0 Å². The fourth-order valence-electron chi connectivity index (χ4n) is 2.47. The molecule has 3 aromatic rings. The molecule has 0 atom stereocenters. The number of carbonyl (C=O) groups is 2. The van der Waals surface area contributed by atoms with Crippen molar-refractivity contribution in [1.29, 1.82) is 0 Å². The van der Waals surface area contributed by atoms with Gasteiger partial charge in [-0.25, -0.2) is 0 Å². The Morgan fingerprint density at radius 1 is 0.652 bits per heavy atom. The van der Waals surface area contributed by atoms with E-state index < -0.39 is 5.92 Å². The zero-order valence-corrected chi connectivity index (χ0v) is 12.4. The van der Waals surface area contributed by atoms with E-state index in [0.29, 0.717) is 16.8 Å². The fourth-order valence-corrected chi connectivity index (χ4v) is 2.47. The van der Waals surface area contributed by atoms with Gasteiger partial charge in [-0.2, -0.15) is 0 Å². The van der Waals surface area contributed by atoms with E-state index >= 15 is 0 Å². The number of benzene rings is 2. The third kappa shape index (κ3) is 3.24. The molecule has 0 bridgehead atoms. The molecule has 0 fully saturated rings. The molecule has 3 nitrogen and oxygen atoms in total. The average molecular weight is 301 g/mol. The Bertz CT molecular complexity index is 747. The van der Waals surface area contributed by atoms with Crippen LogP contribution in [0.3, 0.4) is 0 Å². The van der Waals surface area contributed by atoms with Gasteiger partial charge in [0.1, 0.15) is 5.92 Å². The Hall–Kier alpha value is -3.07. The first kappa shape index (κ1) is 14.9. The third-order valence-corrected chi connectivity index (χ3v) is 3.62. The first-order valence-electron chi connectivity index (χ1n) is 7.37. The molecule has 112 valence electrons. The summed E-state index contributed by atoms with van der Waals surface area (Å²) in [6.07, 6.45) is 1.60. The number of rotatable bonds is 5. The van der Waals surface area contributed by atoms with Crippen LogP contribution in [-0.2, 0) is 0 Å². The van der Waals surface area contributed by atoms with Gasteiger partial charge in [-0.1, -0.05) is 66.7 Å². The van der Waals surface area contributed by atoms with E-state index in [2.05, 4.69) is 4.98 Å². The van der Waals surface area contributed by atoms with Crippen LogP contribution in [0.2, 0.25) is 0 Å². The summed E-state index contributed by atoms with van der Waals surface area (Å²) in [6.45, 7) is 0. The maximum absolute atomic E-state index is 12.9. The molecule has 0 aliphatic heterocycles. The highest BCUT2D eigenvalue weighted by Crippen LogP contribution is 2.24. The van der Waals surface area contributed by atoms with Gasteiger partial charge in [-0.05, 0) is 12.1 Å². The summed E-state index contributed by atoms with van der Waals surface area (Å²) in [4.78, 5) is 30.0. The Labute approximate surface area is 134 Å². The largest absolute Gasteiger partial charge is 0.293 e. The lowest BCUT2D eigenvalue weighted by atomic mass is 9.87. The summed E-state index contributed by atoms with van der Waals surface area (Å²) in [7, 11) is 0. The number of aromatic nitrogens is 1. The van der Waals surface area contributed by atoms with Crippen LogP contribution in [0.5, 0.6) is 0 Å². The number of ketones is 2. The van der Waals surface area contributed by atoms with Gasteiger partial charge in [0.25, 0.3) is 0 Å². The molecule has 3 heteroatoms. The highest BCUT2D eigenvalue weighted by Gasteiger charge is 2.31. The predicted octanol–water partition coefficient (Wildman–Crippen LogP) is 3.93. The second-order valence-corrected chi connectivity index (χ2v) is 5.15. The van der Waals surface area contributed by atoms with Crippen LogP contribution in [0, 0.1) is 0 Å². The Kier molecular flexibility index (Phi) is 4.39. The lowest BCUT2D eigenvalue weighted by Crippen LogP contribution is -2.23. The minimum atomic E-state index is -0.930. The molecule has 0 amide bonds. The SMILES string of the molecule is O=C(c1ccccc1)C(C(=O)c1ccccc1)c1ccccn1. The van der Waals surface area contributed by atoms with Gasteiger partial charge in [-0.15, -0.1) is 0 Å². The molecule has 0 aliphatic carbocycles. The topological polar surface area (TPSA) is 47.0 Å². The van der Waals surface area contributed by atoms with Crippen LogP contribution in [0.25, 0.3) is 0 Å². The van der Waals surface area contributed by atoms with Gasteiger partial charge < -0.3 is 0 Å². The molecule has 0 spiro atoms. The van der Waals surface area contributed by atoms with Crippen LogP contribution in [0.4, 0.5) is 0 Å². The summed E-state index contributed by atoms with van der Waals surface area (Å²) in [6, 6.07) is 23.0. The highest BCUT2D eigenvalue weighted by molar-refractivity contribution is 6.19. The molecule has 0 aliphatic rings. The van der Waals surface area contributed by atoms with E-state index in [0.717, 1.165) is 0 Å². The van der Waals surface area contributed by atoms with E-state index in [1.54, 1.807) is 72.9 Å². The summed E-state index contributed by atoms with van der Waals surface area (Å²) in [5.74, 6) is -1.41. The van der Waals surface area contributed by atoms with Gasteiger partial charge in [0.05, 0.1) is 5.69 Å². The van der Waals surface area contributed by atoms with Gasteiger partial charge in [0, 0.05) is 17.3 Å². The zero-order valence-electron chi connectivity index (χ0n) is 12.4. The normalized spacial score (nSPS) is 10.5. The van der Waals surface area contributed by atoms with E-state index in [4.69, 9.17) is 0 Å². The van der Waals surface area contributed by atoms with Gasteiger partial charge in [0.15, 0.2) is 11.6 Å². The van der Waals surface area contributed by atoms with E-state index in [9.17, 15) is 9.59 Å². The molecule has 0 N–H and O–H groups in total. The van der Waals surface area contributed by atoms with Crippen LogP contribution in [0.15, 0.2) is 85.1 Å². The number of hydrogen-bond acceptors (Lipinski definition) is 3. The van der Waals surface area contributed by atoms with E-state index in [1.807, 2.05) is 12.1 Å². The summed E-state index contributed by atoms with van der Waals surface area (Å²) in [5, 5.41) is 0. The second kappa shape index (κ2) is 6.79. The predicted molar refractivity (Wildman–Crippen MR) is 88.5 cm³/mol. The van der Waals surface area contributed by atoms with Gasteiger partial charge in [-0.3, -0.25) is 14.6 Å². The molecule has 23 heavy (non-hydrogen) atoms. The first-order valence-corrected chi connectivity index (χ1v) is 7.37. The smallest absolute Gasteiger partial charge is 0.179 e. The highest BCUT2D eigenvalue weighted by atomic mass is 16.2. The molecule has 0 unspecified atom stereocenters. The minimum Gasteiger partial charge on any atom is -0.293 e. The van der Waals surface area contributed by atoms with Gasteiger partial charge >= 0.3 is 0 Å². The van der Waals surface area contributed by atoms with Gasteiger partial charge in [0.2, 0.25) is 0 Å². The summed E-state index contributed by atoms with van der Waals surface area (Å²) >= 11 is 0. The minimum absolute atomic E-state index is 0.238. The van der Waals surface area contributed by atoms with E-state index in [-0.39, 0.29) is 11.6 Å². The Balaban J connectivity index is 2.05. The summed E-state index contributed by atoms with van der Waals surface area (Å²) < 4.78 is 0. The molecular weight excluding hydrogens is 286 g/mol. The third-order valence-electron chi connectivity index (χ3n) is 3.62. The Morgan fingerprint density at radius 2 is 1.13 bits per heavy atom. The van der Waals surface area contributed by atoms with Crippen LogP contribution < -0.4 is 0 Å². The van der Waals surface area contributed by atoms with Crippen LogP contribution >= 0.6 is 0 Å². The van der Waals surface area contributed by atoms with Crippen molar-refractivity contribution in [2.45, 2.75) is 5.92 Å². The van der Waals surface area contributed by atoms with Crippen molar-refractivity contribution >= 4 is 11.6 Å². The maximum atomic E-state index is 12.9. The van der Waals surface area contributed by atoms with Crippen LogP contribution in [-0.4, -0.2) is 16.6 Å². The van der Waals surface area contributed by atoms with E-state index in [1.165, 1.54) is 0 Å². The first-order chi connectivity index (χ1) is 11.3. The van der Waals surface area contributed by atoms with Crippen molar-refractivity contribution in [3.8, 4) is 0 Å². The molecule has 3 rings (SSSR count). The standard InChI is InChI=1S/C20H15NO2/c22-19(15-9-3-1-4-10-15)18(17-13-7-8-14-21-17)20(23)16-11-5-2-6-12-16/h1-14,18H. The molecule has 1 heterocycles. The molecule has 0 radical (unpaired) electrons. The summed E-state index contributed by atoms with van der Waals surface area (Å²) in [5.41, 5.74) is 1.48. The monoisotopic (exact) mass is 301 g/mol. The molecule has 2 aromatic carbocycles. The number of nitrogens with zero attached hydrogens (tertiary/aromatic N) is 1. The average Bonchev–Trinajstić information content (AvgIpc) is 2.64. The zero-order chi connectivity index (χ0) is 16.1.